The number of urea groups is 1. The van der Waals surface area contributed by atoms with Crippen LogP contribution in [-0.4, -0.2) is 27.3 Å². The molecular weight excluding hydrogens is 377 g/mol. The van der Waals surface area contributed by atoms with Crippen molar-refractivity contribution in [3.05, 3.63) is 63.2 Å². The van der Waals surface area contributed by atoms with E-state index in [0.717, 1.165) is 33.8 Å². The molecule has 0 fully saturated rings. The number of nitrogens with zero attached hydrogens (tertiary/aromatic N) is 3. The molecule has 0 aliphatic heterocycles. The van der Waals surface area contributed by atoms with E-state index in [1.165, 1.54) is 17.4 Å². The number of halogens is 1. The number of benzene rings is 1. The van der Waals surface area contributed by atoms with Gasteiger partial charge < -0.3 is 5.32 Å². The predicted octanol–water partition coefficient (Wildman–Crippen LogP) is 3.90. The van der Waals surface area contributed by atoms with Gasteiger partial charge in [-0.2, -0.15) is 5.10 Å². The van der Waals surface area contributed by atoms with E-state index in [4.69, 9.17) is 0 Å². The molecule has 3 rings (SSSR count). The molecule has 1 aromatic carbocycles. The standard InChI is InChI=1S/C20H24FN5OS/c1-12-5-6-15(10-18(12)21)9-16-11-23-20(28-16)24-19(27)22-8-7-17-13(2)25-26(4)14(17)3/h5-6,10-11H,7-9H2,1-4H3,(H2,22,23,24,27). The largest absolute Gasteiger partial charge is 0.337 e. The molecule has 28 heavy (non-hydrogen) atoms. The Bertz CT molecular complexity index is 995. The first-order valence-electron chi connectivity index (χ1n) is 9.07. The van der Waals surface area contributed by atoms with Gasteiger partial charge in [-0.1, -0.05) is 12.1 Å². The van der Waals surface area contributed by atoms with Crippen molar-refractivity contribution in [2.75, 3.05) is 11.9 Å². The van der Waals surface area contributed by atoms with Crippen molar-refractivity contribution in [1.29, 1.82) is 0 Å². The van der Waals surface area contributed by atoms with E-state index in [0.29, 0.717) is 23.7 Å². The van der Waals surface area contributed by atoms with Crippen molar-refractivity contribution in [2.24, 2.45) is 7.05 Å². The molecule has 0 spiro atoms. The molecule has 0 saturated carbocycles. The summed E-state index contributed by atoms with van der Waals surface area (Å²) in [5, 5.41) is 10.5. The number of nitrogens with one attached hydrogen (secondary N) is 2. The SMILES string of the molecule is Cc1ccc(Cc2cnc(NC(=O)NCCc3c(C)nn(C)c3C)s2)cc1F. The summed E-state index contributed by atoms with van der Waals surface area (Å²) < 4.78 is 15.5. The fourth-order valence-corrected chi connectivity index (χ4v) is 3.86. The number of anilines is 1. The smallest absolute Gasteiger partial charge is 0.321 e. The van der Waals surface area contributed by atoms with Crippen molar-refractivity contribution in [1.82, 2.24) is 20.1 Å². The summed E-state index contributed by atoms with van der Waals surface area (Å²) in [6, 6.07) is 4.92. The molecule has 0 saturated heterocycles. The molecule has 2 N–H and O–H groups in total. The minimum absolute atomic E-state index is 0.209. The monoisotopic (exact) mass is 401 g/mol. The Labute approximate surface area is 167 Å². The van der Waals surface area contributed by atoms with E-state index in [9.17, 15) is 9.18 Å². The van der Waals surface area contributed by atoms with Crippen LogP contribution in [0.25, 0.3) is 0 Å². The topological polar surface area (TPSA) is 71.8 Å². The van der Waals surface area contributed by atoms with Gasteiger partial charge in [0.2, 0.25) is 0 Å². The number of rotatable bonds is 6. The average Bonchev–Trinajstić information content (AvgIpc) is 3.17. The molecule has 0 atom stereocenters. The number of hydrogen-bond acceptors (Lipinski definition) is 4. The van der Waals surface area contributed by atoms with Crippen LogP contribution >= 0.6 is 11.3 Å². The average molecular weight is 402 g/mol. The van der Waals surface area contributed by atoms with Crippen molar-refractivity contribution in [2.45, 2.75) is 33.6 Å². The highest BCUT2D eigenvalue weighted by atomic mass is 32.1. The van der Waals surface area contributed by atoms with Crippen LogP contribution in [-0.2, 0) is 19.9 Å². The molecule has 2 aromatic heterocycles. The summed E-state index contributed by atoms with van der Waals surface area (Å²) in [6.45, 7) is 6.25. The van der Waals surface area contributed by atoms with E-state index in [2.05, 4.69) is 20.7 Å². The van der Waals surface area contributed by atoms with Gasteiger partial charge in [-0.25, -0.2) is 14.2 Å². The number of amides is 2. The Kier molecular flexibility index (Phi) is 6.08. The molecule has 3 aromatic rings. The Morgan fingerprint density at radius 1 is 1.29 bits per heavy atom. The van der Waals surface area contributed by atoms with Crippen LogP contribution < -0.4 is 10.6 Å². The zero-order valence-corrected chi connectivity index (χ0v) is 17.3. The first kappa shape index (κ1) is 20.0. The van der Waals surface area contributed by atoms with Gasteiger partial charge in [0.25, 0.3) is 0 Å². The molecule has 0 radical (unpaired) electrons. The maximum absolute atomic E-state index is 13.7. The predicted molar refractivity (Wildman–Crippen MR) is 109 cm³/mol. The van der Waals surface area contributed by atoms with Crippen LogP contribution in [0.1, 0.15) is 33.0 Å². The molecular formula is C20H24FN5OS. The number of hydrogen-bond donors (Lipinski definition) is 2. The summed E-state index contributed by atoms with van der Waals surface area (Å²) in [4.78, 5) is 17.3. The third kappa shape index (κ3) is 4.75. The third-order valence-electron chi connectivity index (χ3n) is 4.71. The molecule has 0 unspecified atom stereocenters. The number of thiazole rings is 1. The second-order valence-corrected chi connectivity index (χ2v) is 7.91. The summed E-state index contributed by atoms with van der Waals surface area (Å²) >= 11 is 1.39. The quantitative estimate of drug-likeness (QED) is 0.658. The number of aryl methyl sites for hydroxylation is 3. The summed E-state index contributed by atoms with van der Waals surface area (Å²) in [5.41, 5.74) is 4.76. The molecule has 6 nitrogen and oxygen atoms in total. The Balaban J connectivity index is 1.50. The Hall–Kier alpha value is -2.74. The van der Waals surface area contributed by atoms with Crippen molar-refractivity contribution in [3.8, 4) is 0 Å². The van der Waals surface area contributed by atoms with Gasteiger partial charge in [0.1, 0.15) is 5.82 Å². The lowest BCUT2D eigenvalue weighted by Crippen LogP contribution is -2.30. The highest BCUT2D eigenvalue weighted by Gasteiger charge is 2.11. The van der Waals surface area contributed by atoms with Crippen LogP contribution in [0.4, 0.5) is 14.3 Å². The summed E-state index contributed by atoms with van der Waals surface area (Å²) in [5.74, 6) is -0.209. The Morgan fingerprint density at radius 3 is 2.75 bits per heavy atom. The van der Waals surface area contributed by atoms with Crippen LogP contribution in [0.15, 0.2) is 24.4 Å². The van der Waals surface area contributed by atoms with E-state index >= 15 is 0 Å². The zero-order valence-electron chi connectivity index (χ0n) is 16.5. The lowest BCUT2D eigenvalue weighted by atomic mass is 10.1. The Morgan fingerprint density at radius 2 is 2.07 bits per heavy atom. The van der Waals surface area contributed by atoms with Crippen LogP contribution in [0, 0.1) is 26.6 Å². The fraction of sp³-hybridized carbons (Fsp3) is 0.350. The second kappa shape index (κ2) is 8.52. The van der Waals surface area contributed by atoms with Crippen LogP contribution in [0.3, 0.4) is 0 Å². The van der Waals surface area contributed by atoms with Gasteiger partial charge in [-0.3, -0.25) is 10.00 Å². The minimum Gasteiger partial charge on any atom is -0.337 e. The number of carbonyl (C=O) groups excluding carboxylic acids is 1. The first-order valence-corrected chi connectivity index (χ1v) is 9.89. The summed E-state index contributed by atoms with van der Waals surface area (Å²) in [7, 11) is 1.91. The maximum Gasteiger partial charge on any atom is 0.321 e. The lowest BCUT2D eigenvalue weighted by molar-refractivity contribution is 0.252. The van der Waals surface area contributed by atoms with Crippen molar-refractivity contribution in [3.63, 3.8) is 0 Å². The highest BCUT2D eigenvalue weighted by Crippen LogP contribution is 2.22. The van der Waals surface area contributed by atoms with E-state index in [-0.39, 0.29) is 11.8 Å². The van der Waals surface area contributed by atoms with E-state index < -0.39 is 0 Å². The fourth-order valence-electron chi connectivity index (χ4n) is 3.02. The van der Waals surface area contributed by atoms with E-state index in [1.807, 2.05) is 31.6 Å². The highest BCUT2D eigenvalue weighted by molar-refractivity contribution is 7.15. The van der Waals surface area contributed by atoms with Crippen LogP contribution in [0.2, 0.25) is 0 Å². The van der Waals surface area contributed by atoms with Crippen molar-refractivity contribution >= 4 is 22.5 Å². The molecule has 2 heterocycles. The normalized spacial score (nSPS) is 10.9. The van der Waals surface area contributed by atoms with Gasteiger partial charge in [-0.15, -0.1) is 11.3 Å². The van der Waals surface area contributed by atoms with Crippen LogP contribution in [0.5, 0.6) is 0 Å². The second-order valence-electron chi connectivity index (χ2n) is 6.80. The van der Waals surface area contributed by atoms with Gasteiger partial charge in [-0.05, 0) is 49.9 Å². The first-order chi connectivity index (χ1) is 13.3. The molecule has 148 valence electrons. The zero-order chi connectivity index (χ0) is 20.3. The molecule has 2 amide bonds. The molecule has 0 aliphatic carbocycles. The molecule has 0 bridgehead atoms. The van der Waals surface area contributed by atoms with Gasteiger partial charge in [0, 0.05) is 36.8 Å². The van der Waals surface area contributed by atoms with Gasteiger partial charge in [0.05, 0.1) is 5.69 Å². The summed E-state index contributed by atoms with van der Waals surface area (Å²) in [6.07, 6.45) is 3.01. The molecule has 0 aliphatic rings. The van der Waals surface area contributed by atoms with E-state index in [1.54, 1.807) is 19.2 Å². The third-order valence-corrected chi connectivity index (χ3v) is 5.62. The molecule has 8 heteroatoms. The number of aromatic nitrogens is 3. The van der Waals surface area contributed by atoms with Crippen molar-refractivity contribution < 1.29 is 9.18 Å². The number of carbonyl (C=O) groups is 1. The van der Waals surface area contributed by atoms with Gasteiger partial charge in [0.15, 0.2) is 5.13 Å². The maximum atomic E-state index is 13.7. The minimum atomic E-state index is -0.290. The van der Waals surface area contributed by atoms with Gasteiger partial charge >= 0.3 is 6.03 Å². The lowest BCUT2D eigenvalue weighted by Gasteiger charge is -2.06.